The molecular formula is C15H25NO. The molecule has 0 spiro atoms. The van der Waals surface area contributed by atoms with Crippen LogP contribution in [0.15, 0.2) is 24.3 Å². The Bertz CT molecular complexity index is 360. The van der Waals surface area contributed by atoms with E-state index in [-0.39, 0.29) is 23.5 Å². The lowest BCUT2D eigenvalue weighted by Gasteiger charge is -2.31. The average molecular weight is 235 g/mol. The van der Waals surface area contributed by atoms with Crippen LogP contribution in [0.1, 0.15) is 45.7 Å². The van der Waals surface area contributed by atoms with Gasteiger partial charge in [0.25, 0.3) is 0 Å². The van der Waals surface area contributed by atoms with Gasteiger partial charge in [0.2, 0.25) is 0 Å². The fourth-order valence-electron chi connectivity index (χ4n) is 1.84. The highest BCUT2D eigenvalue weighted by Crippen LogP contribution is 2.29. The topological polar surface area (TPSA) is 46.2 Å². The third-order valence-corrected chi connectivity index (χ3v) is 3.62. The van der Waals surface area contributed by atoms with Gasteiger partial charge in [0.1, 0.15) is 0 Å². The Hall–Kier alpha value is -0.860. The maximum atomic E-state index is 9.19. The van der Waals surface area contributed by atoms with Crippen molar-refractivity contribution in [3.05, 3.63) is 35.4 Å². The van der Waals surface area contributed by atoms with E-state index in [4.69, 9.17) is 5.73 Å². The van der Waals surface area contributed by atoms with Crippen LogP contribution in [0.25, 0.3) is 0 Å². The van der Waals surface area contributed by atoms with Crippen LogP contribution in [0.3, 0.4) is 0 Å². The van der Waals surface area contributed by atoms with Gasteiger partial charge < -0.3 is 10.8 Å². The van der Waals surface area contributed by atoms with Crippen LogP contribution in [0.2, 0.25) is 0 Å². The van der Waals surface area contributed by atoms with Gasteiger partial charge in [-0.1, -0.05) is 58.9 Å². The van der Waals surface area contributed by atoms with Crippen molar-refractivity contribution in [1.29, 1.82) is 0 Å². The van der Waals surface area contributed by atoms with Crippen LogP contribution >= 0.6 is 0 Å². The van der Waals surface area contributed by atoms with Gasteiger partial charge in [-0.05, 0) is 16.5 Å². The Balaban J connectivity index is 3.03. The largest absolute Gasteiger partial charge is 0.395 e. The molecule has 1 atom stereocenters. The zero-order valence-corrected chi connectivity index (χ0v) is 11.6. The number of hydrogen-bond donors (Lipinski definition) is 2. The van der Waals surface area contributed by atoms with Crippen molar-refractivity contribution in [1.82, 2.24) is 0 Å². The molecule has 2 heteroatoms. The molecule has 0 aliphatic carbocycles. The molecule has 0 radical (unpaired) electrons. The molecule has 0 bridgehead atoms. The first-order valence-corrected chi connectivity index (χ1v) is 6.17. The van der Waals surface area contributed by atoms with E-state index < -0.39 is 0 Å². The first-order valence-electron chi connectivity index (χ1n) is 6.17. The molecule has 0 heterocycles. The Morgan fingerprint density at radius 1 is 1.00 bits per heavy atom. The van der Waals surface area contributed by atoms with Crippen LogP contribution in [-0.4, -0.2) is 17.8 Å². The molecule has 0 amide bonds. The molecule has 17 heavy (non-hydrogen) atoms. The number of benzene rings is 1. The summed E-state index contributed by atoms with van der Waals surface area (Å²) in [6.45, 7) is 10.7. The lowest BCUT2D eigenvalue weighted by atomic mass is 9.77. The summed E-state index contributed by atoms with van der Waals surface area (Å²) in [6, 6.07) is 8.32. The van der Waals surface area contributed by atoms with Crippen LogP contribution < -0.4 is 5.73 Å². The minimum absolute atomic E-state index is 0.00796. The number of hydrogen-bond acceptors (Lipinski definition) is 2. The van der Waals surface area contributed by atoms with E-state index in [1.807, 2.05) is 0 Å². The Morgan fingerprint density at radius 2 is 1.41 bits per heavy atom. The molecule has 0 aliphatic rings. The molecule has 0 saturated heterocycles. The molecule has 1 rings (SSSR count). The van der Waals surface area contributed by atoms with E-state index in [0.717, 1.165) is 0 Å². The van der Waals surface area contributed by atoms with Crippen LogP contribution in [-0.2, 0) is 10.8 Å². The van der Waals surface area contributed by atoms with Crippen molar-refractivity contribution in [3.63, 3.8) is 0 Å². The van der Waals surface area contributed by atoms with E-state index >= 15 is 0 Å². The molecule has 0 saturated carbocycles. The van der Waals surface area contributed by atoms with Crippen molar-refractivity contribution >= 4 is 0 Å². The van der Waals surface area contributed by atoms with Gasteiger partial charge in [-0.2, -0.15) is 0 Å². The van der Waals surface area contributed by atoms with E-state index in [1.165, 1.54) is 11.1 Å². The lowest BCUT2D eigenvalue weighted by molar-refractivity contribution is 0.220. The number of rotatable bonds is 3. The molecule has 1 aromatic carbocycles. The minimum atomic E-state index is -0.233. The van der Waals surface area contributed by atoms with Crippen molar-refractivity contribution in [2.45, 2.75) is 51.5 Å². The van der Waals surface area contributed by atoms with Crippen molar-refractivity contribution < 1.29 is 5.11 Å². The normalized spacial score (nSPS) is 14.8. The van der Waals surface area contributed by atoms with Crippen molar-refractivity contribution in [2.24, 2.45) is 5.73 Å². The third kappa shape index (κ3) is 3.08. The molecule has 0 fully saturated rings. The second-order valence-corrected chi connectivity index (χ2v) is 6.34. The van der Waals surface area contributed by atoms with Gasteiger partial charge in [-0.3, -0.25) is 0 Å². The van der Waals surface area contributed by atoms with Gasteiger partial charge in [0, 0.05) is 11.5 Å². The molecule has 1 aromatic rings. The third-order valence-electron chi connectivity index (χ3n) is 3.62. The highest BCUT2D eigenvalue weighted by molar-refractivity contribution is 5.32. The Labute approximate surface area is 105 Å². The summed E-state index contributed by atoms with van der Waals surface area (Å²) in [7, 11) is 0. The summed E-state index contributed by atoms with van der Waals surface area (Å²) in [5, 5.41) is 9.19. The maximum Gasteiger partial charge on any atom is 0.0591 e. The molecule has 0 aromatic heterocycles. The highest BCUT2D eigenvalue weighted by Gasteiger charge is 2.28. The van der Waals surface area contributed by atoms with Gasteiger partial charge in [-0.25, -0.2) is 0 Å². The summed E-state index contributed by atoms with van der Waals surface area (Å²) in [5.41, 5.74) is 8.41. The summed E-state index contributed by atoms with van der Waals surface area (Å²) >= 11 is 0. The quantitative estimate of drug-likeness (QED) is 0.846. The minimum Gasteiger partial charge on any atom is -0.395 e. The summed E-state index contributed by atoms with van der Waals surface area (Å²) in [4.78, 5) is 0. The van der Waals surface area contributed by atoms with Gasteiger partial charge in [0.05, 0.1) is 6.61 Å². The maximum absolute atomic E-state index is 9.19. The number of nitrogens with two attached hydrogens (primary N) is 1. The zero-order valence-electron chi connectivity index (χ0n) is 11.6. The molecule has 96 valence electrons. The van der Waals surface area contributed by atoms with Crippen molar-refractivity contribution in [3.8, 4) is 0 Å². The Morgan fingerprint density at radius 3 is 1.76 bits per heavy atom. The number of aliphatic hydroxyl groups excluding tert-OH is 1. The average Bonchev–Trinajstić information content (AvgIpc) is 2.27. The second kappa shape index (κ2) is 4.79. The zero-order chi connectivity index (χ0) is 13.3. The predicted octanol–water partition coefficient (Wildman–Crippen LogP) is 2.58. The SMILES string of the molecule is CC(C)(C)c1ccc(C(C)(C)C(N)CO)cc1. The predicted molar refractivity (Wildman–Crippen MR) is 73.2 cm³/mol. The van der Waals surface area contributed by atoms with Gasteiger partial charge in [-0.15, -0.1) is 0 Å². The summed E-state index contributed by atoms with van der Waals surface area (Å²) < 4.78 is 0. The molecule has 1 unspecified atom stereocenters. The van der Waals surface area contributed by atoms with Crippen LogP contribution in [0.5, 0.6) is 0 Å². The lowest BCUT2D eigenvalue weighted by Crippen LogP contribution is -2.43. The van der Waals surface area contributed by atoms with Gasteiger partial charge >= 0.3 is 0 Å². The van der Waals surface area contributed by atoms with E-state index in [1.54, 1.807) is 0 Å². The molecular weight excluding hydrogens is 210 g/mol. The molecule has 2 nitrogen and oxygen atoms in total. The summed E-state index contributed by atoms with van der Waals surface area (Å²) in [5.74, 6) is 0. The van der Waals surface area contributed by atoms with Gasteiger partial charge in [0.15, 0.2) is 0 Å². The first kappa shape index (κ1) is 14.2. The van der Waals surface area contributed by atoms with E-state index in [0.29, 0.717) is 0 Å². The monoisotopic (exact) mass is 235 g/mol. The number of aliphatic hydroxyl groups is 1. The van der Waals surface area contributed by atoms with Crippen molar-refractivity contribution in [2.75, 3.05) is 6.61 Å². The summed E-state index contributed by atoms with van der Waals surface area (Å²) in [6.07, 6.45) is 0. The van der Waals surface area contributed by atoms with E-state index in [9.17, 15) is 5.11 Å². The van der Waals surface area contributed by atoms with E-state index in [2.05, 4.69) is 58.9 Å². The van der Waals surface area contributed by atoms with Crippen LogP contribution in [0.4, 0.5) is 0 Å². The molecule has 0 aliphatic heterocycles. The highest BCUT2D eigenvalue weighted by atomic mass is 16.3. The first-order chi connectivity index (χ1) is 7.69. The fraction of sp³-hybridized carbons (Fsp3) is 0.600. The molecule has 3 N–H and O–H groups in total. The fourth-order valence-corrected chi connectivity index (χ4v) is 1.84. The smallest absolute Gasteiger partial charge is 0.0591 e. The second-order valence-electron chi connectivity index (χ2n) is 6.34. The van der Waals surface area contributed by atoms with Crippen LogP contribution in [0, 0.1) is 0 Å². The Kier molecular flexibility index (Phi) is 4.00. The standard InChI is InChI=1S/C15H25NO/c1-14(2,3)11-6-8-12(9-7-11)15(4,5)13(16)10-17/h6-9,13,17H,10,16H2,1-5H3.